The Bertz CT molecular complexity index is 782. The van der Waals surface area contributed by atoms with Gasteiger partial charge in [0.1, 0.15) is 17.6 Å². The molecule has 2 aromatic rings. The fraction of sp³-hybridized carbons (Fsp3) is 0.545. The third-order valence-corrected chi connectivity index (χ3v) is 5.92. The Morgan fingerprint density at radius 2 is 1.89 bits per heavy atom. The molecule has 0 N–H and O–H groups in total. The summed E-state index contributed by atoms with van der Waals surface area (Å²) in [7, 11) is 0. The van der Waals surface area contributed by atoms with Crippen molar-refractivity contribution in [1.29, 1.82) is 0 Å². The van der Waals surface area contributed by atoms with E-state index < -0.39 is 0 Å². The van der Waals surface area contributed by atoms with Crippen LogP contribution in [0.15, 0.2) is 34.9 Å². The van der Waals surface area contributed by atoms with E-state index in [-0.39, 0.29) is 23.7 Å². The number of hydrogen-bond acceptors (Lipinski definition) is 3. The van der Waals surface area contributed by atoms with Crippen LogP contribution in [0, 0.1) is 11.7 Å². The van der Waals surface area contributed by atoms with Gasteiger partial charge in [0.25, 0.3) is 0 Å². The van der Waals surface area contributed by atoms with Crippen molar-refractivity contribution >= 4 is 5.91 Å². The van der Waals surface area contributed by atoms with Gasteiger partial charge in [0.05, 0.1) is 6.20 Å². The average Bonchev–Trinajstić information content (AvgIpc) is 3.18. The van der Waals surface area contributed by atoms with Crippen LogP contribution in [0.1, 0.15) is 74.6 Å². The molecule has 1 saturated heterocycles. The minimum atomic E-state index is -0.234. The minimum absolute atomic E-state index is 0.0810. The smallest absolute Gasteiger partial charge is 0.226 e. The molecular formula is C22H27FN2O2. The summed E-state index contributed by atoms with van der Waals surface area (Å²) in [5, 5.41) is 0. The molecule has 1 unspecified atom stereocenters. The van der Waals surface area contributed by atoms with Gasteiger partial charge in [-0.15, -0.1) is 0 Å². The Hall–Kier alpha value is -2.17. The standard InChI is InChI=1S/C22H27FN2O2/c23-19-11-5-4-10-17(19)14-18-15-24-21(27-18)20-12-6-7-13-25(20)22(26)16-8-2-1-3-9-16/h4-5,10-11,15-16,20H,1-3,6-9,12-14H2. The fourth-order valence-corrected chi connectivity index (χ4v) is 4.42. The first kappa shape index (κ1) is 18.2. The largest absolute Gasteiger partial charge is 0.443 e. The van der Waals surface area contributed by atoms with E-state index in [1.807, 2.05) is 11.0 Å². The lowest BCUT2D eigenvalue weighted by atomic mass is 9.87. The molecule has 4 nitrogen and oxygen atoms in total. The van der Waals surface area contributed by atoms with E-state index in [0.29, 0.717) is 23.6 Å². The van der Waals surface area contributed by atoms with E-state index in [4.69, 9.17) is 4.42 Å². The summed E-state index contributed by atoms with van der Waals surface area (Å²) in [5.74, 6) is 1.44. The predicted molar refractivity (Wildman–Crippen MR) is 101 cm³/mol. The van der Waals surface area contributed by atoms with Gasteiger partial charge in [0.15, 0.2) is 0 Å². The maximum Gasteiger partial charge on any atom is 0.226 e. The molecule has 2 heterocycles. The zero-order valence-electron chi connectivity index (χ0n) is 15.7. The van der Waals surface area contributed by atoms with Gasteiger partial charge in [-0.3, -0.25) is 4.79 Å². The summed E-state index contributed by atoms with van der Waals surface area (Å²) < 4.78 is 19.9. The van der Waals surface area contributed by atoms with Crippen molar-refractivity contribution < 1.29 is 13.6 Å². The van der Waals surface area contributed by atoms with Crippen LogP contribution in [-0.4, -0.2) is 22.3 Å². The second kappa shape index (κ2) is 8.24. The number of likely N-dealkylation sites (tertiary alicyclic amines) is 1. The number of halogens is 1. The Morgan fingerprint density at radius 1 is 1.11 bits per heavy atom. The highest BCUT2D eigenvalue weighted by Crippen LogP contribution is 2.35. The van der Waals surface area contributed by atoms with Gasteiger partial charge in [-0.2, -0.15) is 0 Å². The summed E-state index contributed by atoms with van der Waals surface area (Å²) >= 11 is 0. The molecule has 0 bridgehead atoms. The maximum absolute atomic E-state index is 13.9. The van der Waals surface area contributed by atoms with Crippen molar-refractivity contribution in [1.82, 2.24) is 9.88 Å². The topological polar surface area (TPSA) is 46.3 Å². The number of nitrogens with zero attached hydrogens (tertiary/aromatic N) is 2. The Morgan fingerprint density at radius 3 is 2.70 bits per heavy atom. The predicted octanol–water partition coefficient (Wildman–Crippen LogP) is 5.04. The number of aromatic nitrogens is 1. The van der Waals surface area contributed by atoms with Crippen LogP contribution in [0.4, 0.5) is 4.39 Å². The molecule has 1 aromatic heterocycles. The quantitative estimate of drug-likeness (QED) is 0.757. The molecule has 1 aromatic carbocycles. The van der Waals surface area contributed by atoms with Crippen molar-refractivity contribution in [3.05, 3.63) is 53.5 Å². The van der Waals surface area contributed by atoms with Crippen LogP contribution >= 0.6 is 0 Å². The Balaban J connectivity index is 1.49. The lowest BCUT2D eigenvalue weighted by molar-refractivity contribution is -0.141. The van der Waals surface area contributed by atoms with E-state index in [9.17, 15) is 9.18 Å². The van der Waals surface area contributed by atoms with Gasteiger partial charge in [-0.25, -0.2) is 9.37 Å². The summed E-state index contributed by atoms with van der Waals surface area (Å²) in [4.78, 5) is 19.5. The van der Waals surface area contributed by atoms with E-state index in [1.165, 1.54) is 12.5 Å². The first-order valence-corrected chi connectivity index (χ1v) is 10.2. The number of carbonyl (C=O) groups is 1. The average molecular weight is 370 g/mol. The highest BCUT2D eigenvalue weighted by Gasteiger charge is 2.35. The Kier molecular flexibility index (Phi) is 5.55. The van der Waals surface area contributed by atoms with Crippen molar-refractivity contribution in [2.75, 3.05) is 6.54 Å². The number of hydrogen-bond donors (Lipinski definition) is 0. The first-order valence-electron chi connectivity index (χ1n) is 10.2. The maximum atomic E-state index is 13.9. The monoisotopic (exact) mass is 370 g/mol. The van der Waals surface area contributed by atoms with E-state index in [1.54, 1.807) is 18.3 Å². The second-order valence-electron chi connectivity index (χ2n) is 7.81. The van der Waals surface area contributed by atoms with Crippen LogP contribution in [0.2, 0.25) is 0 Å². The van der Waals surface area contributed by atoms with E-state index in [0.717, 1.165) is 51.5 Å². The van der Waals surface area contributed by atoms with Gasteiger partial charge in [-0.05, 0) is 43.7 Å². The lowest BCUT2D eigenvalue weighted by Gasteiger charge is -2.37. The molecule has 1 aliphatic carbocycles. The summed E-state index contributed by atoms with van der Waals surface area (Å²) in [6, 6.07) is 6.64. The summed E-state index contributed by atoms with van der Waals surface area (Å²) in [6.07, 6.45) is 10.6. The molecule has 0 spiro atoms. The molecular weight excluding hydrogens is 343 g/mol. The number of amides is 1. The van der Waals surface area contributed by atoms with Gasteiger partial charge >= 0.3 is 0 Å². The Labute approximate surface area is 159 Å². The van der Waals surface area contributed by atoms with Crippen LogP contribution in [0.5, 0.6) is 0 Å². The van der Waals surface area contributed by atoms with Gasteiger partial charge in [0, 0.05) is 18.9 Å². The normalized spacial score (nSPS) is 21.4. The number of benzene rings is 1. The van der Waals surface area contributed by atoms with E-state index >= 15 is 0 Å². The highest BCUT2D eigenvalue weighted by atomic mass is 19.1. The van der Waals surface area contributed by atoms with Gasteiger partial charge in [-0.1, -0.05) is 37.5 Å². The van der Waals surface area contributed by atoms with Crippen LogP contribution in [-0.2, 0) is 11.2 Å². The third kappa shape index (κ3) is 4.07. The zero-order valence-corrected chi connectivity index (χ0v) is 15.7. The number of carbonyl (C=O) groups excluding carboxylic acids is 1. The number of piperidine rings is 1. The fourth-order valence-electron chi connectivity index (χ4n) is 4.42. The summed E-state index contributed by atoms with van der Waals surface area (Å²) in [6.45, 7) is 0.783. The van der Waals surface area contributed by atoms with Crippen LogP contribution in [0.3, 0.4) is 0 Å². The second-order valence-corrected chi connectivity index (χ2v) is 7.81. The zero-order chi connectivity index (χ0) is 18.6. The van der Waals surface area contributed by atoms with Crippen LogP contribution in [0.25, 0.3) is 0 Å². The van der Waals surface area contributed by atoms with Crippen molar-refractivity contribution in [2.45, 2.75) is 63.8 Å². The highest BCUT2D eigenvalue weighted by molar-refractivity contribution is 5.79. The van der Waals surface area contributed by atoms with Crippen LogP contribution < -0.4 is 0 Å². The molecule has 144 valence electrons. The van der Waals surface area contributed by atoms with Crippen molar-refractivity contribution in [2.24, 2.45) is 5.92 Å². The molecule has 5 heteroatoms. The molecule has 1 aliphatic heterocycles. The van der Waals surface area contributed by atoms with Crippen molar-refractivity contribution in [3.8, 4) is 0 Å². The molecule has 2 fully saturated rings. The molecule has 1 saturated carbocycles. The number of oxazole rings is 1. The molecule has 4 rings (SSSR count). The molecule has 2 aliphatic rings. The first-order chi connectivity index (χ1) is 13.2. The lowest BCUT2D eigenvalue weighted by Crippen LogP contribution is -2.42. The van der Waals surface area contributed by atoms with Crippen molar-refractivity contribution in [3.63, 3.8) is 0 Å². The molecule has 1 amide bonds. The molecule has 1 atom stereocenters. The van der Waals surface area contributed by atoms with Gasteiger partial charge < -0.3 is 9.32 Å². The molecule has 27 heavy (non-hydrogen) atoms. The van der Waals surface area contributed by atoms with E-state index in [2.05, 4.69) is 4.98 Å². The number of rotatable bonds is 4. The third-order valence-electron chi connectivity index (χ3n) is 5.92. The SMILES string of the molecule is O=C(C1CCCCC1)N1CCCCC1c1ncc(Cc2ccccc2F)o1. The minimum Gasteiger partial charge on any atom is -0.443 e. The summed E-state index contributed by atoms with van der Waals surface area (Å²) in [5.41, 5.74) is 0.596. The van der Waals surface area contributed by atoms with Gasteiger partial charge in [0.2, 0.25) is 11.8 Å². The molecule has 0 radical (unpaired) electrons.